The maximum Gasteiger partial charge on any atom is 0.380 e. The Balaban J connectivity index is 5.91. The molecule has 3 unspecified atom stereocenters. The average Bonchev–Trinajstić information content (AvgIpc) is 3.11. The molecule has 0 heterocycles. The summed E-state index contributed by atoms with van der Waals surface area (Å²) in [7, 11) is 5.09. The van der Waals surface area contributed by atoms with E-state index in [1.54, 1.807) is 0 Å². The van der Waals surface area contributed by atoms with Crippen LogP contribution in [-0.2, 0) is 14.2 Å². The van der Waals surface area contributed by atoms with Crippen molar-refractivity contribution in [3.05, 3.63) is 0 Å². The van der Waals surface area contributed by atoms with Crippen molar-refractivity contribution in [2.45, 2.75) is 90.9 Å². The van der Waals surface area contributed by atoms with Crippen molar-refractivity contribution in [2.75, 3.05) is 114 Å². The molecule has 0 amide bonds. The number of quaternary nitrogens is 2. The van der Waals surface area contributed by atoms with Gasteiger partial charge in [0.15, 0.2) is 0 Å². The van der Waals surface area contributed by atoms with Gasteiger partial charge in [0.2, 0.25) is 0 Å². The van der Waals surface area contributed by atoms with Crippen LogP contribution < -0.4 is 0 Å². The number of aliphatic hydroxyl groups is 3. The van der Waals surface area contributed by atoms with E-state index in [2.05, 4.69) is 14.2 Å². The van der Waals surface area contributed by atoms with Gasteiger partial charge in [-0.1, -0.05) is 0 Å². The molecule has 65 heavy (non-hydrogen) atoms. The number of alkyl halides is 24. The third kappa shape index (κ3) is 16.3. The van der Waals surface area contributed by atoms with Crippen LogP contribution >= 0.6 is 0 Å². The Kier molecular flexibility index (Phi) is 21.9. The molecule has 3 atom stereocenters. The van der Waals surface area contributed by atoms with Gasteiger partial charge < -0.3 is 38.5 Å². The van der Waals surface area contributed by atoms with Gasteiger partial charge in [-0.15, -0.1) is 0 Å². The number of nitrogens with zero attached hydrogens (tertiary/aromatic N) is 3. The zero-order valence-electron chi connectivity index (χ0n) is 34.1. The Labute approximate surface area is 353 Å². The second kappa shape index (κ2) is 22.6. The molecule has 0 radical (unpaired) electrons. The molecular weight excluding hydrogens is 978 g/mol. The Bertz CT molecular complexity index is 1350. The second-order valence-electron chi connectivity index (χ2n) is 16.1. The number of likely N-dealkylation sites (N-methyl/N-ethyl adjacent to an activating group) is 2. The summed E-state index contributed by atoms with van der Waals surface area (Å²) in [5, 5.41) is 30.9. The van der Waals surface area contributed by atoms with Crippen molar-refractivity contribution in [1.82, 2.24) is 4.90 Å². The minimum atomic E-state index is -6.67. The van der Waals surface area contributed by atoms with Crippen molar-refractivity contribution >= 4 is 0 Å². The van der Waals surface area contributed by atoms with Gasteiger partial charge in [0.25, 0.3) is 0 Å². The first kappa shape index (κ1) is 63.0. The summed E-state index contributed by atoms with van der Waals surface area (Å²) in [6.45, 7) is -14.9. The van der Waals surface area contributed by atoms with Gasteiger partial charge in [-0.25, -0.2) is 26.3 Å². The van der Waals surface area contributed by atoms with E-state index in [4.69, 9.17) is 0 Å². The van der Waals surface area contributed by atoms with E-state index in [-0.39, 0.29) is 26.2 Å². The standard InChI is InChI=1S/C32H47F24N3O6/c1-58(2,10-19(61)13-64-16-25(41,42)31(53,54)28(47,48)22(35)36)7-5-57(9-18(60)12-63-15-24(39,40)30(51,52)27(45,46)21(33)34)6-8-59(3,4)11-20(62)14-65-17-26(43,44)32(55,56)29(49,50)23(37)38/h18-23,60-62H,5-17H2,1-4H3/q+2. The third-order valence-electron chi connectivity index (χ3n) is 9.16. The van der Waals surface area contributed by atoms with Crippen LogP contribution in [0.2, 0.25) is 0 Å². The molecule has 9 nitrogen and oxygen atoms in total. The minimum absolute atomic E-state index is 0.264. The molecular formula is C32H47F24N3O6+2. The van der Waals surface area contributed by atoms with E-state index in [0.29, 0.717) is 0 Å². The molecule has 0 aliphatic carbocycles. The van der Waals surface area contributed by atoms with Crippen LogP contribution in [0, 0.1) is 0 Å². The van der Waals surface area contributed by atoms with Gasteiger partial charge >= 0.3 is 72.6 Å². The van der Waals surface area contributed by atoms with Crippen LogP contribution in [-0.4, -0.2) is 234 Å². The number of hydrogen-bond acceptors (Lipinski definition) is 7. The van der Waals surface area contributed by atoms with E-state index < -0.39 is 159 Å². The second-order valence-corrected chi connectivity index (χ2v) is 16.1. The third-order valence-corrected chi connectivity index (χ3v) is 9.16. The fourth-order valence-electron chi connectivity index (χ4n) is 5.28. The van der Waals surface area contributed by atoms with Crippen molar-refractivity contribution in [3.8, 4) is 0 Å². The highest BCUT2D eigenvalue weighted by Gasteiger charge is 2.77. The summed E-state index contributed by atoms with van der Waals surface area (Å²) < 4.78 is 329. The Hall–Kier alpha value is -2.04. The lowest BCUT2D eigenvalue weighted by molar-refractivity contribution is -0.895. The predicted octanol–water partition coefficient (Wildman–Crippen LogP) is 6.09. The monoisotopic (exact) mass is 1030 g/mol. The molecule has 0 aliphatic rings. The number of rotatable bonds is 33. The molecule has 0 aromatic heterocycles. The highest BCUT2D eigenvalue weighted by Crippen LogP contribution is 2.51. The highest BCUT2D eigenvalue weighted by molar-refractivity contribution is 5.00. The van der Waals surface area contributed by atoms with Gasteiger partial charge in [-0.2, -0.15) is 79.0 Å². The summed E-state index contributed by atoms with van der Waals surface area (Å²) in [5.74, 6) is -57.2. The summed E-state index contributed by atoms with van der Waals surface area (Å²) >= 11 is 0. The van der Waals surface area contributed by atoms with Crippen molar-refractivity contribution in [1.29, 1.82) is 0 Å². The number of hydrogen-bond donors (Lipinski definition) is 3. The molecule has 0 saturated heterocycles. The number of halogens is 24. The maximum atomic E-state index is 13.9. The molecule has 0 spiro atoms. The lowest BCUT2D eigenvalue weighted by atomic mass is 10.1. The van der Waals surface area contributed by atoms with Crippen molar-refractivity contribution < 1.29 is 144 Å². The Morgan fingerprint density at radius 1 is 0.415 bits per heavy atom. The molecule has 33 heteroatoms. The summed E-state index contributed by atoms with van der Waals surface area (Å²) in [6, 6.07) is 0. The van der Waals surface area contributed by atoms with E-state index in [9.17, 15) is 121 Å². The quantitative estimate of drug-likeness (QED) is 0.0543. The fraction of sp³-hybridized carbons (Fsp3) is 1.00. The van der Waals surface area contributed by atoms with Gasteiger partial charge in [-0.3, -0.25) is 4.90 Å². The van der Waals surface area contributed by atoms with Crippen LogP contribution in [0.25, 0.3) is 0 Å². The molecule has 392 valence electrons. The van der Waals surface area contributed by atoms with Crippen LogP contribution in [0.3, 0.4) is 0 Å². The lowest BCUT2D eigenvalue weighted by Gasteiger charge is -2.37. The lowest BCUT2D eigenvalue weighted by Crippen LogP contribution is -2.59. The zero-order chi connectivity index (χ0) is 51.9. The molecule has 0 aromatic carbocycles. The molecule has 0 saturated carbocycles. The molecule has 0 rings (SSSR count). The molecule has 0 aliphatic heterocycles. The molecule has 0 aromatic rings. The van der Waals surface area contributed by atoms with Crippen molar-refractivity contribution in [2.24, 2.45) is 0 Å². The summed E-state index contributed by atoms with van der Waals surface area (Å²) in [4.78, 5) is 1.16. The normalized spacial score (nSPS) is 16.7. The van der Waals surface area contributed by atoms with Crippen LogP contribution in [0.5, 0.6) is 0 Å². The first-order valence-corrected chi connectivity index (χ1v) is 18.1. The topological polar surface area (TPSA) is 91.6 Å². The number of ether oxygens (including phenoxy) is 3. The molecule has 0 fully saturated rings. The van der Waals surface area contributed by atoms with Gasteiger partial charge in [-0.05, 0) is 0 Å². The highest BCUT2D eigenvalue weighted by atomic mass is 19.4. The van der Waals surface area contributed by atoms with Crippen LogP contribution in [0.4, 0.5) is 105 Å². The van der Waals surface area contributed by atoms with E-state index >= 15 is 0 Å². The zero-order valence-corrected chi connectivity index (χ0v) is 34.1. The smallest absolute Gasteiger partial charge is 0.380 e. The largest absolute Gasteiger partial charge is 0.389 e. The van der Waals surface area contributed by atoms with Gasteiger partial charge in [0.1, 0.15) is 45.1 Å². The van der Waals surface area contributed by atoms with Crippen molar-refractivity contribution in [3.63, 3.8) is 0 Å². The maximum absolute atomic E-state index is 13.9. The average molecular weight is 1030 g/mol. The Morgan fingerprint density at radius 3 is 0.877 bits per heavy atom. The summed E-state index contributed by atoms with van der Waals surface area (Å²) in [5.41, 5.74) is 0. The van der Waals surface area contributed by atoms with Gasteiger partial charge in [0, 0.05) is 19.6 Å². The van der Waals surface area contributed by atoms with Crippen LogP contribution in [0.15, 0.2) is 0 Å². The SMILES string of the molecule is C[N+](C)(CCN(CC[N+](C)(C)CC(O)COCC(F)(F)C(F)(F)C(F)(F)C(F)F)CC(O)COCC(F)(F)C(F)(F)C(F)(F)C(F)F)CC(O)COCC(F)(F)C(F)(F)C(F)(F)C(F)F. The minimum Gasteiger partial charge on any atom is -0.389 e. The van der Waals surface area contributed by atoms with E-state index in [1.165, 1.54) is 28.2 Å². The van der Waals surface area contributed by atoms with E-state index in [0.717, 1.165) is 4.90 Å². The number of aliphatic hydroxyl groups excluding tert-OH is 3. The predicted molar refractivity (Wildman–Crippen MR) is 173 cm³/mol. The van der Waals surface area contributed by atoms with E-state index in [1.807, 2.05) is 0 Å². The fourth-order valence-corrected chi connectivity index (χ4v) is 5.28. The molecule has 3 N–H and O–H groups in total. The van der Waals surface area contributed by atoms with Gasteiger partial charge in [0.05, 0.1) is 67.2 Å². The Morgan fingerprint density at radius 2 is 0.646 bits per heavy atom. The van der Waals surface area contributed by atoms with Crippen LogP contribution in [0.1, 0.15) is 0 Å². The molecule has 0 bridgehead atoms. The first-order valence-electron chi connectivity index (χ1n) is 18.1. The summed E-state index contributed by atoms with van der Waals surface area (Å²) in [6.07, 6.45) is -21.5. The first-order chi connectivity index (χ1) is 28.7.